The normalized spacial score (nSPS) is 21.8. The first-order chi connectivity index (χ1) is 20.2. The lowest BCUT2D eigenvalue weighted by atomic mass is 9.82. The number of aryl methyl sites for hydroxylation is 2. The third-order valence-corrected chi connectivity index (χ3v) is 9.98. The fourth-order valence-electron chi connectivity index (χ4n) is 6.91. The van der Waals surface area contributed by atoms with Crippen molar-refractivity contribution >= 4 is 40.7 Å². The number of amides is 1. The average molecular weight is 593 g/mol. The SMILES string of the molecule is C=CC(=O)N1CCN(C2=NC(O)N(c3c(CC)cccc3CC)c3nc(N4CCC(CC)(CC)C4)c(Cl)cc32)[C@@H](C)C1. The van der Waals surface area contributed by atoms with Crippen LogP contribution < -0.4 is 9.80 Å². The number of benzene rings is 1. The van der Waals surface area contributed by atoms with Gasteiger partial charge in [-0.15, -0.1) is 0 Å². The first-order valence-electron chi connectivity index (χ1n) is 15.5. The molecule has 42 heavy (non-hydrogen) atoms. The molecule has 1 unspecified atom stereocenters. The molecular formula is C33H45ClN6O2. The van der Waals surface area contributed by atoms with Crippen LogP contribution in [-0.4, -0.2) is 76.8 Å². The van der Waals surface area contributed by atoms with Gasteiger partial charge in [0.1, 0.15) is 17.5 Å². The van der Waals surface area contributed by atoms with Gasteiger partial charge >= 0.3 is 0 Å². The van der Waals surface area contributed by atoms with Crippen molar-refractivity contribution < 1.29 is 9.90 Å². The maximum absolute atomic E-state index is 12.3. The van der Waals surface area contributed by atoms with E-state index in [9.17, 15) is 9.90 Å². The Hall–Kier alpha value is -3.10. The van der Waals surface area contributed by atoms with Crippen molar-refractivity contribution in [3.05, 3.63) is 58.6 Å². The van der Waals surface area contributed by atoms with Crippen molar-refractivity contribution in [2.45, 2.75) is 79.1 Å². The number of rotatable bonds is 7. The van der Waals surface area contributed by atoms with E-state index in [1.807, 2.05) is 15.9 Å². The number of carbonyl (C=O) groups is 1. The van der Waals surface area contributed by atoms with Gasteiger partial charge in [-0.1, -0.05) is 64.1 Å². The summed E-state index contributed by atoms with van der Waals surface area (Å²) in [6.45, 7) is 18.0. The van der Waals surface area contributed by atoms with Crippen molar-refractivity contribution in [3.63, 3.8) is 0 Å². The van der Waals surface area contributed by atoms with Gasteiger partial charge < -0.3 is 19.8 Å². The minimum Gasteiger partial charge on any atom is -0.355 e. The number of para-hydroxylation sites is 1. The molecule has 5 rings (SSSR count). The summed E-state index contributed by atoms with van der Waals surface area (Å²) < 4.78 is 0. The number of pyridine rings is 1. The number of aliphatic hydroxyl groups is 1. The number of anilines is 3. The van der Waals surface area contributed by atoms with Crippen LogP contribution in [0.1, 0.15) is 70.6 Å². The molecule has 9 heteroatoms. The van der Waals surface area contributed by atoms with E-state index < -0.39 is 6.35 Å². The molecule has 2 aromatic rings. The third kappa shape index (κ3) is 5.28. The summed E-state index contributed by atoms with van der Waals surface area (Å²) in [5, 5.41) is 12.4. The topological polar surface area (TPSA) is 75.5 Å². The number of hydrogen-bond donors (Lipinski definition) is 1. The zero-order chi connectivity index (χ0) is 30.2. The van der Waals surface area contributed by atoms with Crippen LogP contribution in [-0.2, 0) is 17.6 Å². The van der Waals surface area contributed by atoms with Gasteiger partial charge in [0.05, 0.1) is 16.3 Å². The lowest BCUT2D eigenvalue weighted by molar-refractivity contribution is -0.128. The Morgan fingerprint density at radius 3 is 2.38 bits per heavy atom. The van der Waals surface area contributed by atoms with Crippen LogP contribution in [0.2, 0.25) is 5.02 Å². The third-order valence-electron chi connectivity index (χ3n) is 9.70. The largest absolute Gasteiger partial charge is 0.355 e. The fourth-order valence-corrected chi connectivity index (χ4v) is 7.18. The van der Waals surface area contributed by atoms with Crippen LogP contribution in [0.3, 0.4) is 0 Å². The summed E-state index contributed by atoms with van der Waals surface area (Å²) in [6.07, 6.45) is 5.18. The van der Waals surface area contributed by atoms with Crippen LogP contribution >= 0.6 is 11.6 Å². The first-order valence-corrected chi connectivity index (χ1v) is 15.9. The summed E-state index contributed by atoms with van der Waals surface area (Å²) in [6, 6.07) is 8.29. The van der Waals surface area contributed by atoms with E-state index in [-0.39, 0.29) is 17.4 Å². The van der Waals surface area contributed by atoms with E-state index in [0.717, 1.165) is 73.4 Å². The Bertz CT molecular complexity index is 1350. The van der Waals surface area contributed by atoms with Crippen molar-refractivity contribution in [1.29, 1.82) is 0 Å². The van der Waals surface area contributed by atoms with Crippen LogP contribution in [0, 0.1) is 5.41 Å². The number of fused-ring (bicyclic) bond motifs is 1. The molecule has 0 aliphatic carbocycles. The van der Waals surface area contributed by atoms with E-state index >= 15 is 0 Å². The molecule has 0 radical (unpaired) electrons. The van der Waals surface area contributed by atoms with Gasteiger partial charge in [-0.25, -0.2) is 9.98 Å². The molecule has 2 fully saturated rings. The van der Waals surface area contributed by atoms with Gasteiger partial charge in [-0.3, -0.25) is 9.69 Å². The molecule has 1 aromatic heterocycles. The zero-order valence-electron chi connectivity index (χ0n) is 25.7. The van der Waals surface area contributed by atoms with Gasteiger partial charge in [0, 0.05) is 38.8 Å². The molecule has 4 heterocycles. The van der Waals surface area contributed by atoms with Gasteiger partial charge in [-0.2, -0.15) is 0 Å². The maximum Gasteiger partial charge on any atom is 0.246 e. The average Bonchev–Trinajstić information content (AvgIpc) is 3.45. The van der Waals surface area contributed by atoms with Crippen molar-refractivity contribution in [1.82, 2.24) is 14.8 Å². The van der Waals surface area contributed by atoms with Gasteiger partial charge in [0.25, 0.3) is 0 Å². The highest BCUT2D eigenvalue weighted by Gasteiger charge is 2.40. The summed E-state index contributed by atoms with van der Waals surface area (Å²) in [4.78, 5) is 30.7. The van der Waals surface area contributed by atoms with Crippen LogP contribution in [0.5, 0.6) is 0 Å². The molecule has 1 aromatic carbocycles. The zero-order valence-corrected chi connectivity index (χ0v) is 26.5. The lowest BCUT2D eigenvalue weighted by Crippen LogP contribution is -2.56. The number of piperazine rings is 1. The summed E-state index contributed by atoms with van der Waals surface area (Å²) in [5.41, 5.74) is 4.30. The number of nitrogens with zero attached hydrogens (tertiary/aromatic N) is 6. The van der Waals surface area contributed by atoms with Gasteiger partial charge in [0.15, 0.2) is 0 Å². The Morgan fingerprint density at radius 1 is 1.12 bits per heavy atom. The second-order valence-electron chi connectivity index (χ2n) is 11.9. The summed E-state index contributed by atoms with van der Waals surface area (Å²) >= 11 is 7.07. The van der Waals surface area contributed by atoms with Crippen molar-refractivity contribution in [2.24, 2.45) is 10.4 Å². The van der Waals surface area contributed by atoms with Crippen LogP contribution in [0.15, 0.2) is 41.9 Å². The Morgan fingerprint density at radius 2 is 1.81 bits per heavy atom. The highest BCUT2D eigenvalue weighted by atomic mass is 35.5. The number of aliphatic hydroxyl groups excluding tert-OH is 1. The number of hydrogen-bond acceptors (Lipinski definition) is 7. The highest BCUT2D eigenvalue weighted by Crippen LogP contribution is 2.45. The van der Waals surface area contributed by atoms with Crippen LogP contribution in [0.4, 0.5) is 17.3 Å². The molecule has 0 bridgehead atoms. The van der Waals surface area contributed by atoms with E-state index in [2.05, 4.69) is 69.2 Å². The van der Waals surface area contributed by atoms with E-state index in [0.29, 0.717) is 36.3 Å². The van der Waals surface area contributed by atoms with Gasteiger partial charge in [0.2, 0.25) is 12.3 Å². The van der Waals surface area contributed by atoms with E-state index in [1.54, 1.807) is 0 Å². The molecule has 3 aliphatic heterocycles. The minimum atomic E-state index is -1.16. The van der Waals surface area contributed by atoms with Gasteiger partial charge in [-0.05, 0) is 67.7 Å². The first kappa shape index (κ1) is 30.4. The predicted molar refractivity (Wildman–Crippen MR) is 172 cm³/mol. The Kier molecular flexibility index (Phi) is 8.86. The molecule has 1 N–H and O–H groups in total. The van der Waals surface area contributed by atoms with E-state index in [1.165, 1.54) is 6.08 Å². The fraction of sp³-hybridized carbons (Fsp3) is 0.545. The Balaban J connectivity index is 1.64. The second kappa shape index (κ2) is 12.3. The van der Waals surface area contributed by atoms with Crippen LogP contribution in [0.25, 0.3) is 0 Å². The molecule has 226 valence electrons. The molecular weight excluding hydrogens is 548 g/mol. The number of carbonyl (C=O) groups excluding carboxylic acids is 1. The molecule has 2 saturated heterocycles. The summed E-state index contributed by atoms with van der Waals surface area (Å²) in [7, 11) is 0. The minimum absolute atomic E-state index is 0.0195. The molecule has 0 spiro atoms. The molecule has 2 atom stereocenters. The second-order valence-corrected chi connectivity index (χ2v) is 12.3. The lowest BCUT2D eigenvalue weighted by Gasteiger charge is -2.44. The molecule has 0 saturated carbocycles. The van der Waals surface area contributed by atoms with Crippen molar-refractivity contribution in [2.75, 3.05) is 42.5 Å². The Labute approximate surface area is 255 Å². The monoisotopic (exact) mass is 592 g/mol. The van der Waals surface area contributed by atoms with Crippen molar-refractivity contribution in [3.8, 4) is 0 Å². The maximum atomic E-state index is 12.3. The smallest absolute Gasteiger partial charge is 0.246 e. The molecule has 3 aliphatic rings. The number of amidine groups is 1. The summed E-state index contributed by atoms with van der Waals surface area (Å²) in [5.74, 6) is 2.03. The number of aliphatic imine (C=N–C) groups is 1. The standard InChI is InChI=1S/C33H45ClN6O2/c1-7-23-13-12-14-24(8-2)28(23)40-30-25(19-26(34)31(35-30)38-16-15-33(10-4,11-5)21-38)29(36-32(40)42)39-18-17-37(20-22(39)6)27(41)9-3/h9,12-14,19,22,32,42H,3,7-8,10-11,15-18,20-21H2,1-2,4-6H3/t22-,32?/m0/s1. The molecule has 1 amide bonds. The number of aromatic nitrogens is 1. The predicted octanol–water partition coefficient (Wildman–Crippen LogP) is 5.77. The van der Waals surface area contributed by atoms with E-state index in [4.69, 9.17) is 21.6 Å². The molecule has 8 nitrogen and oxygen atoms in total. The number of halogens is 1. The highest BCUT2D eigenvalue weighted by molar-refractivity contribution is 6.33. The quantitative estimate of drug-likeness (QED) is 0.412.